The summed E-state index contributed by atoms with van der Waals surface area (Å²) < 4.78 is 2.39. The van der Waals surface area contributed by atoms with Crippen LogP contribution in [0.25, 0.3) is 0 Å². The molecule has 0 atom stereocenters. The van der Waals surface area contributed by atoms with E-state index in [0.717, 1.165) is 30.4 Å². The molecule has 1 amide bonds. The Hall–Kier alpha value is -2.15. The fourth-order valence-electron chi connectivity index (χ4n) is 2.79. The van der Waals surface area contributed by atoms with Gasteiger partial charge in [-0.15, -0.1) is 0 Å². The third kappa shape index (κ3) is 3.84. The Balaban J connectivity index is 1.82. The van der Waals surface area contributed by atoms with Crippen LogP contribution in [-0.2, 0) is 11.3 Å². The summed E-state index contributed by atoms with van der Waals surface area (Å²) in [5.74, 6) is 0.342. The van der Waals surface area contributed by atoms with Gasteiger partial charge in [0.1, 0.15) is 6.54 Å². The van der Waals surface area contributed by atoms with Crippen LogP contribution in [0.4, 0.5) is 11.6 Å². The van der Waals surface area contributed by atoms with E-state index in [1.165, 1.54) is 10.6 Å². The molecular formula is C17H19BrN4O2. The quantitative estimate of drug-likeness (QED) is 0.870. The Morgan fingerprint density at radius 2 is 1.92 bits per heavy atom. The van der Waals surface area contributed by atoms with Crippen LogP contribution in [0.2, 0.25) is 0 Å². The third-order valence-corrected chi connectivity index (χ3v) is 4.46. The molecule has 1 aromatic heterocycles. The van der Waals surface area contributed by atoms with Crippen molar-refractivity contribution in [3.8, 4) is 0 Å². The number of benzene rings is 1. The highest BCUT2D eigenvalue weighted by Gasteiger charge is 2.20. The molecule has 0 spiro atoms. The number of aryl methyl sites for hydroxylation is 1. The van der Waals surface area contributed by atoms with E-state index in [2.05, 4.69) is 31.1 Å². The third-order valence-electron chi connectivity index (χ3n) is 3.93. The molecule has 6 nitrogen and oxygen atoms in total. The van der Waals surface area contributed by atoms with Crippen molar-refractivity contribution in [2.24, 2.45) is 0 Å². The lowest BCUT2D eigenvalue weighted by Crippen LogP contribution is -2.34. The van der Waals surface area contributed by atoms with Gasteiger partial charge in [-0.05, 0) is 44.0 Å². The molecule has 0 radical (unpaired) electrons. The summed E-state index contributed by atoms with van der Waals surface area (Å²) in [6.45, 7) is 3.48. The normalized spacial score (nSPS) is 14.0. The first-order valence-corrected chi connectivity index (χ1v) is 8.71. The van der Waals surface area contributed by atoms with Crippen LogP contribution >= 0.6 is 15.9 Å². The van der Waals surface area contributed by atoms with Gasteiger partial charge in [-0.1, -0.05) is 15.9 Å². The maximum Gasteiger partial charge on any atom is 0.255 e. The Bertz CT molecular complexity index is 795. The van der Waals surface area contributed by atoms with Crippen molar-refractivity contribution in [2.75, 3.05) is 23.3 Å². The van der Waals surface area contributed by atoms with Crippen LogP contribution in [0, 0.1) is 6.92 Å². The van der Waals surface area contributed by atoms with Crippen molar-refractivity contribution in [2.45, 2.75) is 26.3 Å². The molecule has 7 heteroatoms. The number of hydrogen-bond donors (Lipinski definition) is 1. The molecule has 0 unspecified atom stereocenters. The van der Waals surface area contributed by atoms with Crippen molar-refractivity contribution in [1.82, 2.24) is 9.55 Å². The van der Waals surface area contributed by atoms with Crippen LogP contribution in [0.3, 0.4) is 0 Å². The standard InChI is InChI=1S/C17H19BrN4O2/c1-12-10-16(24)22(17(19-12)21-8-2-3-9-21)11-15(23)20-14-6-4-13(18)5-7-14/h4-7,10H,2-3,8-9,11H2,1H3,(H,20,23). The van der Waals surface area contributed by atoms with Crippen LogP contribution in [0.5, 0.6) is 0 Å². The van der Waals surface area contributed by atoms with Crippen LogP contribution in [0.1, 0.15) is 18.5 Å². The second-order valence-electron chi connectivity index (χ2n) is 5.87. The number of hydrogen-bond acceptors (Lipinski definition) is 4. The highest BCUT2D eigenvalue weighted by Crippen LogP contribution is 2.18. The lowest BCUT2D eigenvalue weighted by molar-refractivity contribution is -0.116. The average molecular weight is 391 g/mol. The highest BCUT2D eigenvalue weighted by molar-refractivity contribution is 9.10. The Morgan fingerprint density at radius 1 is 1.25 bits per heavy atom. The number of nitrogens with one attached hydrogen (secondary N) is 1. The van der Waals surface area contributed by atoms with Gasteiger partial charge in [-0.3, -0.25) is 14.2 Å². The first-order chi connectivity index (χ1) is 11.5. The maximum atomic E-state index is 12.4. The second kappa shape index (κ2) is 7.17. The van der Waals surface area contributed by atoms with E-state index < -0.39 is 0 Å². The minimum Gasteiger partial charge on any atom is -0.342 e. The molecule has 2 aromatic rings. The van der Waals surface area contributed by atoms with Crippen LogP contribution in [0.15, 0.2) is 39.6 Å². The van der Waals surface area contributed by atoms with E-state index in [4.69, 9.17) is 0 Å². The summed E-state index contributed by atoms with van der Waals surface area (Å²) in [5.41, 5.74) is 1.17. The number of aromatic nitrogens is 2. The molecule has 24 heavy (non-hydrogen) atoms. The number of rotatable bonds is 4. The Kier molecular flexibility index (Phi) is 4.99. The zero-order chi connectivity index (χ0) is 17.1. The Morgan fingerprint density at radius 3 is 2.58 bits per heavy atom. The molecule has 1 aliphatic rings. The molecule has 1 N–H and O–H groups in total. The average Bonchev–Trinajstić information content (AvgIpc) is 3.06. The minimum absolute atomic E-state index is 0.0476. The lowest BCUT2D eigenvalue weighted by atomic mass is 10.3. The molecule has 0 aliphatic carbocycles. The maximum absolute atomic E-state index is 12.4. The van der Waals surface area contributed by atoms with E-state index in [1.807, 2.05) is 12.1 Å². The topological polar surface area (TPSA) is 67.2 Å². The molecule has 1 aliphatic heterocycles. The SMILES string of the molecule is Cc1cc(=O)n(CC(=O)Nc2ccc(Br)cc2)c(N2CCCC2)n1. The largest absolute Gasteiger partial charge is 0.342 e. The minimum atomic E-state index is -0.245. The molecular weight excluding hydrogens is 372 g/mol. The van der Waals surface area contributed by atoms with Gasteiger partial charge in [0.05, 0.1) is 0 Å². The number of halogens is 1. The predicted octanol–water partition coefficient (Wildman–Crippen LogP) is 2.55. The van der Waals surface area contributed by atoms with E-state index in [1.54, 1.807) is 19.1 Å². The van der Waals surface area contributed by atoms with Gasteiger partial charge in [0.25, 0.3) is 5.56 Å². The summed E-state index contributed by atoms with van der Waals surface area (Å²) in [4.78, 5) is 31.3. The Labute approximate surface area is 148 Å². The van der Waals surface area contributed by atoms with E-state index in [9.17, 15) is 9.59 Å². The highest BCUT2D eigenvalue weighted by atomic mass is 79.9. The number of carbonyl (C=O) groups excluding carboxylic acids is 1. The second-order valence-corrected chi connectivity index (χ2v) is 6.79. The molecule has 1 saturated heterocycles. The van der Waals surface area contributed by atoms with E-state index >= 15 is 0 Å². The molecule has 3 rings (SSSR count). The van der Waals surface area contributed by atoms with Gasteiger partial charge in [-0.25, -0.2) is 4.98 Å². The summed E-state index contributed by atoms with van der Waals surface area (Å²) in [6, 6.07) is 8.78. The zero-order valence-electron chi connectivity index (χ0n) is 13.5. The molecule has 0 saturated carbocycles. The summed E-state index contributed by atoms with van der Waals surface area (Å²) >= 11 is 3.36. The van der Waals surface area contributed by atoms with E-state index in [-0.39, 0.29) is 18.0 Å². The van der Waals surface area contributed by atoms with E-state index in [0.29, 0.717) is 17.3 Å². The van der Waals surface area contributed by atoms with Gasteiger partial charge in [0.15, 0.2) is 0 Å². The predicted molar refractivity (Wildman–Crippen MR) is 97.5 cm³/mol. The van der Waals surface area contributed by atoms with Gasteiger partial charge in [0, 0.05) is 35.0 Å². The first kappa shape index (κ1) is 16.7. The van der Waals surface area contributed by atoms with Gasteiger partial charge < -0.3 is 10.2 Å². The van der Waals surface area contributed by atoms with Crippen molar-refractivity contribution in [3.05, 3.63) is 50.9 Å². The molecule has 126 valence electrons. The number of carbonyl (C=O) groups is 1. The van der Waals surface area contributed by atoms with Crippen molar-refractivity contribution >= 4 is 33.5 Å². The molecule has 1 fully saturated rings. The van der Waals surface area contributed by atoms with Gasteiger partial charge >= 0.3 is 0 Å². The van der Waals surface area contributed by atoms with Crippen LogP contribution in [-0.4, -0.2) is 28.5 Å². The smallest absolute Gasteiger partial charge is 0.255 e. The summed E-state index contributed by atoms with van der Waals surface area (Å²) in [7, 11) is 0. The first-order valence-electron chi connectivity index (χ1n) is 7.92. The van der Waals surface area contributed by atoms with Gasteiger partial charge in [0.2, 0.25) is 11.9 Å². The summed E-state index contributed by atoms with van der Waals surface area (Å²) in [6.07, 6.45) is 2.16. The fraction of sp³-hybridized carbons (Fsp3) is 0.353. The number of amides is 1. The lowest BCUT2D eigenvalue weighted by Gasteiger charge is -2.21. The molecule has 1 aromatic carbocycles. The number of anilines is 2. The zero-order valence-corrected chi connectivity index (χ0v) is 15.0. The summed E-state index contributed by atoms with van der Waals surface area (Å²) in [5, 5.41) is 2.81. The van der Waals surface area contributed by atoms with Crippen molar-refractivity contribution in [3.63, 3.8) is 0 Å². The van der Waals surface area contributed by atoms with Crippen molar-refractivity contribution in [1.29, 1.82) is 0 Å². The van der Waals surface area contributed by atoms with Crippen LogP contribution < -0.4 is 15.8 Å². The molecule has 2 heterocycles. The monoisotopic (exact) mass is 390 g/mol. The fourth-order valence-corrected chi connectivity index (χ4v) is 3.05. The van der Waals surface area contributed by atoms with Gasteiger partial charge in [-0.2, -0.15) is 0 Å². The van der Waals surface area contributed by atoms with Crippen molar-refractivity contribution < 1.29 is 4.79 Å². The molecule has 0 bridgehead atoms. The number of nitrogens with zero attached hydrogens (tertiary/aromatic N) is 3.